The van der Waals surface area contributed by atoms with Gasteiger partial charge in [-0.15, -0.1) is 0 Å². The van der Waals surface area contributed by atoms with E-state index in [0.29, 0.717) is 0 Å². The van der Waals surface area contributed by atoms with Crippen molar-refractivity contribution < 1.29 is 0 Å². The van der Waals surface area contributed by atoms with Gasteiger partial charge in [0, 0.05) is 0 Å². The minimum Gasteiger partial charge on any atom is -0.0958 e. The highest BCUT2D eigenvalue weighted by Crippen LogP contribution is 2.13. The van der Waals surface area contributed by atoms with Crippen LogP contribution in [0.2, 0.25) is 0 Å². The summed E-state index contributed by atoms with van der Waals surface area (Å²) in [5, 5.41) is 0. The first kappa shape index (κ1) is 11.5. The van der Waals surface area contributed by atoms with Crippen LogP contribution in [-0.4, -0.2) is 0 Å². The average Bonchev–Trinajstić information content (AvgIpc) is 2.05. The van der Waals surface area contributed by atoms with Gasteiger partial charge in [-0.3, -0.25) is 0 Å². The Labute approximate surface area is 77.4 Å². The third-order valence-electron chi connectivity index (χ3n) is 2.12. The molecule has 0 aliphatic rings. The van der Waals surface area contributed by atoms with Crippen LogP contribution in [0, 0.1) is 5.92 Å². The molecule has 0 aliphatic heterocycles. The largest absolute Gasteiger partial charge is 0.0958 e. The fourth-order valence-electron chi connectivity index (χ4n) is 1.08. The van der Waals surface area contributed by atoms with E-state index in [0.717, 1.165) is 12.3 Å². The third kappa shape index (κ3) is 6.21. The topological polar surface area (TPSA) is 0 Å². The van der Waals surface area contributed by atoms with E-state index in [1.807, 2.05) is 0 Å². The lowest BCUT2D eigenvalue weighted by molar-refractivity contribution is 0.563. The van der Waals surface area contributed by atoms with Crippen molar-refractivity contribution in [3.63, 3.8) is 0 Å². The summed E-state index contributed by atoms with van der Waals surface area (Å²) in [6.07, 6.45) is 9.21. The van der Waals surface area contributed by atoms with Crippen LogP contribution >= 0.6 is 0 Å². The van der Waals surface area contributed by atoms with Crippen LogP contribution in [0.15, 0.2) is 24.3 Å². The quantitative estimate of drug-likeness (QED) is 0.515. The molecule has 0 aromatic heterocycles. The molecule has 0 bridgehead atoms. The molecule has 0 N–H and O–H groups in total. The summed E-state index contributed by atoms with van der Waals surface area (Å²) >= 11 is 0. The zero-order chi connectivity index (χ0) is 9.40. The minimum absolute atomic E-state index is 0.781. The van der Waals surface area contributed by atoms with Gasteiger partial charge in [0.05, 0.1) is 0 Å². The van der Waals surface area contributed by atoms with Gasteiger partial charge in [0.25, 0.3) is 0 Å². The zero-order valence-corrected chi connectivity index (χ0v) is 8.77. The standard InChI is InChI=1S/C12H22/c1-5-7-8-9-12(4)10-11(3)6-2/h8-9,11H,4-7,10H2,1-3H3. The number of unbranched alkanes of at least 4 members (excludes halogenated alkanes) is 1. The van der Waals surface area contributed by atoms with E-state index < -0.39 is 0 Å². The molecule has 0 aromatic carbocycles. The summed E-state index contributed by atoms with van der Waals surface area (Å²) < 4.78 is 0. The van der Waals surface area contributed by atoms with Gasteiger partial charge in [-0.05, 0) is 18.8 Å². The third-order valence-corrected chi connectivity index (χ3v) is 2.12. The van der Waals surface area contributed by atoms with Crippen molar-refractivity contribution in [1.82, 2.24) is 0 Å². The van der Waals surface area contributed by atoms with Gasteiger partial charge < -0.3 is 0 Å². The fraction of sp³-hybridized carbons (Fsp3) is 0.667. The summed E-state index contributed by atoms with van der Waals surface area (Å²) in [5.74, 6) is 0.781. The Morgan fingerprint density at radius 2 is 2.08 bits per heavy atom. The first-order chi connectivity index (χ1) is 5.70. The van der Waals surface area contributed by atoms with E-state index in [1.165, 1.54) is 24.8 Å². The summed E-state index contributed by atoms with van der Waals surface area (Å²) in [6.45, 7) is 10.7. The van der Waals surface area contributed by atoms with E-state index in [9.17, 15) is 0 Å². The number of hydrogen-bond donors (Lipinski definition) is 0. The Morgan fingerprint density at radius 3 is 2.58 bits per heavy atom. The van der Waals surface area contributed by atoms with Crippen LogP contribution in [-0.2, 0) is 0 Å². The maximum atomic E-state index is 4.03. The highest BCUT2D eigenvalue weighted by molar-refractivity contribution is 5.14. The van der Waals surface area contributed by atoms with Gasteiger partial charge >= 0.3 is 0 Å². The van der Waals surface area contributed by atoms with Crippen LogP contribution < -0.4 is 0 Å². The van der Waals surface area contributed by atoms with Crippen molar-refractivity contribution in [2.24, 2.45) is 5.92 Å². The van der Waals surface area contributed by atoms with Gasteiger partial charge in [-0.2, -0.15) is 0 Å². The van der Waals surface area contributed by atoms with Gasteiger partial charge in [0.1, 0.15) is 0 Å². The first-order valence-electron chi connectivity index (χ1n) is 5.05. The molecule has 12 heavy (non-hydrogen) atoms. The van der Waals surface area contributed by atoms with E-state index in [2.05, 4.69) is 39.5 Å². The Hall–Kier alpha value is -0.520. The molecule has 0 amide bonds. The SMILES string of the molecule is C=C(C=CCCC)CC(C)CC. The molecular formula is C12H22. The van der Waals surface area contributed by atoms with Crippen molar-refractivity contribution in [1.29, 1.82) is 0 Å². The Kier molecular flexibility index (Phi) is 6.84. The molecule has 70 valence electrons. The van der Waals surface area contributed by atoms with Crippen molar-refractivity contribution in [3.8, 4) is 0 Å². The lowest BCUT2D eigenvalue weighted by Gasteiger charge is -2.06. The first-order valence-corrected chi connectivity index (χ1v) is 5.05. The molecule has 1 atom stereocenters. The summed E-state index contributed by atoms with van der Waals surface area (Å²) in [4.78, 5) is 0. The van der Waals surface area contributed by atoms with Gasteiger partial charge in [0.15, 0.2) is 0 Å². The van der Waals surface area contributed by atoms with Gasteiger partial charge in [-0.25, -0.2) is 0 Å². The summed E-state index contributed by atoms with van der Waals surface area (Å²) in [6, 6.07) is 0. The van der Waals surface area contributed by atoms with E-state index in [1.54, 1.807) is 0 Å². The lowest BCUT2D eigenvalue weighted by Crippen LogP contribution is -1.92. The van der Waals surface area contributed by atoms with Crippen molar-refractivity contribution in [2.75, 3.05) is 0 Å². The van der Waals surface area contributed by atoms with Crippen LogP contribution in [0.25, 0.3) is 0 Å². The molecule has 0 heterocycles. The zero-order valence-electron chi connectivity index (χ0n) is 8.77. The van der Waals surface area contributed by atoms with E-state index in [-0.39, 0.29) is 0 Å². The second-order valence-corrected chi connectivity index (χ2v) is 3.57. The Morgan fingerprint density at radius 1 is 1.42 bits per heavy atom. The maximum Gasteiger partial charge on any atom is -0.0259 e. The molecule has 0 saturated heterocycles. The molecule has 0 saturated carbocycles. The summed E-state index contributed by atoms with van der Waals surface area (Å²) in [7, 11) is 0. The van der Waals surface area contributed by atoms with Crippen molar-refractivity contribution in [3.05, 3.63) is 24.3 Å². The molecular weight excluding hydrogens is 144 g/mol. The molecule has 0 heteroatoms. The number of allylic oxidation sites excluding steroid dienone is 3. The minimum atomic E-state index is 0.781. The lowest BCUT2D eigenvalue weighted by atomic mass is 9.99. The fourth-order valence-corrected chi connectivity index (χ4v) is 1.08. The van der Waals surface area contributed by atoms with E-state index >= 15 is 0 Å². The molecule has 0 nitrogen and oxygen atoms in total. The molecule has 0 rings (SSSR count). The smallest absolute Gasteiger partial charge is 0.0259 e. The second-order valence-electron chi connectivity index (χ2n) is 3.57. The summed E-state index contributed by atoms with van der Waals surface area (Å²) in [5.41, 5.74) is 1.28. The van der Waals surface area contributed by atoms with Crippen LogP contribution in [0.4, 0.5) is 0 Å². The van der Waals surface area contributed by atoms with Crippen LogP contribution in [0.3, 0.4) is 0 Å². The predicted molar refractivity (Wildman–Crippen MR) is 57.3 cm³/mol. The second kappa shape index (κ2) is 7.15. The normalized spacial score (nSPS) is 13.6. The predicted octanol–water partition coefficient (Wildman–Crippen LogP) is 4.34. The number of rotatable bonds is 6. The average molecular weight is 166 g/mol. The van der Waals surface area contributed by atoms with Crippen molar-refractivity contribution in [2.45, 2.75) is 46.5 Å². The molecule has 0 fully saturated rings. The molecule has 0 aliphatic carbocycles. The Balaban J connectivity index is 3.58. The van der Waals surface area contributed by atoms with Gasteiger partial charge in [0.2, 0.25) is 0 Å². The van der Waals surface area contributed by atoms with Crippen molar-refractivity contribution >= 4 is 0 Å². The highest BCUT2D eigenvalue weighted by atomic mass is 14.0. The van der Waals surface area contributed by atoms with Crippen LogP contribution in [0.1, 0.15) is 46.5 Å². The Bertz CT molecular complexity index is 142. The molecule has 0 aromatic rings. The highest BCUT2D eigenvalue weighted by Gasteiger charge is 1.98. The monoisotopic (exact) mass is 166 g/mol. The number of hydrogen-bond acceptors (Lipinski definition) is 0. The maximum absolute atomic E-state index is 4.03. The van der Waals surface area contributed by atoms with Crippen LogP contribution in [0.5, 0.6) is 0 Å². The van der Waals surface area contributed by atoms with Gasteiger partial charge in [-0.1, -0.05) is 57.9 Å². The molecule has 0 radical (unpaired) electrons. The van der Waals surface area contributed by atoms with E-state index in [4.69, 9.17) is 0 Å². The molecule has 1 unspecified atom stereocenters. The molecule has 0 spiro atoms.